The van der Waals surface area contributed by atoms with Crippen LogP contribution in [-0.2, 0) is 11.2 Å². The van der Waals surface area contributed by atoms with Gasteiger partial charge in [0.25, 0.3) is 0 Å². The van der Waals surface area contributed by atoms with Crippen LogP contribution < -0.4 is 15.8 Å². The van der Waals surface area contributed by atoms with Crippen molar-refractivity contribution in [3.63, 3.8) is 0 Å². The Kier molecular flexibility index (Phi) is 6.50. The van der Waals surface area contributed by atoms with Gasteiger partial charge in [-0.3, -0.25) is 4.79 Å². The summed E-state index contributed by atoms with van der Waals surface area (Å²) >= 11 is 0. The topological polar surface area (TPSA) is 67.6 Å². The van der Waals surface area contributed by atoms with Crippen LogP contribution in [0.15, 0.2) is 24.3 Å². The number of benzene rings is 1. The number of primary amides is 1. The number of ether oxygens (including phenoxy) is 1. The third kappa shape index (κ3) is 6.14. The number of unbranched alkanes of at least 4 members (excludes halogenated alkanes) is 1. The summed E-state index contributed by atoms with van der Waals surface area (Å²) in [7, 11) is 0. The standard InChI is InChI=1S/C16H25N3O2/c17-16(20)13-14-4-3-5-15(12-14)21-11-2-1-8-19-9-6-18-7-10-19/h3-5,12,18H,1-2,6-11,13H2,(H2,17,20). The first-order chi connectivity index (χ1) is 10.2. The monoisotopic (exact) mass is 291 g/mol. The smallest absolute Gasteiger partial charge is 0.221 e. The number of rotatable bonds is 8. The average Bonchev–Trinajstić information content (AvgIpc) is 2.48. The molecule has 1 aromatic rings. The van der Waals surface area contributed by atoms with Crippen molar-refractivity contribution >= 4 is 5.91 Å². The van der Waals surface area contributed by atoms with Crippen LogP contribution in [0.4, 0.5) is 0 Å². The second kappa shape index (κ2) is 8.64. The number of piperazine rings is 1. The molecule has 0 aliphatic carbocycles. The van der Waals surface area contributed by atoms with Gasteiger partial charge in [-0.1, -0.05) is 12.1 Å². The van der Waals surface area contributed by atoms with E-state index < -0.39 is 0 Å². The third-order valence-corrected chi connectivity index (χ3v) is 3.62. The molecule has 1 aliphatic rings. The Labute approximate surface area is 126 Å². The maximum absolute atomic E-state index is 10.9. The second-order valence-electron chi connectivity index (χ2n) is 5.44. The molecule has 0 radical (unpaired) electrons. The second-order valence-corrected chi connectivity index (χ2v) is 5.44. The first kappa shape index (κ1) is 15.8. The van der Waals surface area contributed by atoms with Gasteiger partial charge in [0.05, 0.1) is 13.0 Å². The zero-order valence-electron chi connectivity index (χ0n) is 12.5. The van der Waals surface area contributed by atoms with Gasteiger partial charge in [-0.15, -0.1) is 0 Å². The van der Waals surface area contributed by atoms with E-state index >= 15 is 0 Å². The summed E-state index contributed by atoms with van der Waals surface area (Å²) in [6, 6.07) is 7.60. The van der Waals surface area contributed by atoms with Gasteiger partial charge in [0, 0.05) is 26.2 Å². The highest BCUT2D eigenvalue weighted by molar-refractivity contribution is 5.76. The van der Waals surface area contributed by atoms with Crippen molar-refractivity contribution < 1.29 is 9.53 Å². The van der Waals surface area contributed by atoms with Crippen molar-refractivity contribution in [3.8, 4) is 5.75 Å². The van der Waals surface area contributed by atoms with Crippen molar-refractivity contribution in [1.29, 1.82) is 0 Å². The van der Waals surface area contributed by atoms with Gasteiger partial charge in [0.1, 0.15) is 5.75 Å². The quantitative estimate of drug-likeness (QED) is 0.695. The van der Waals surface area contributed by atoms with Gasteiger partial charge >= 0.3 is 0 Å². The first-order valence-corrected chi connectivity index (χ1v) is 7.67. The van der Waals surface area contributed by atoms with E-state index in [1.807, 2.05) is 24.3 Å². The number of hydrogen-bond acceptors (Lipinski definition) is 4. The van der Waals surface area contributed by atoms with E-state index in [0.29, 0.717) is 6.61 Å². The Morgan fingerprint density at radius 1 is 1.29 bits per heavy atom. The summed E-state index contributed by atoms with van der Waals surface area (Å²) in [5, 5.41) is 3.36. The highest BCUT2D eigenvalue weighted by Crippen LogP contribution is 2.14. The first-order valence-electron chi connectivity index (χ1n) is 7.67. The van der Waals surface area contributed by atoms with Crippen LogP contribution in [0.1, 0.15) is 18.4 Å². The van der Waals surface area contributed by atoms with E-state index in [-0.39, 0.29) is 12.3 Å². The molecule has 0 bridgehead atoms. The summed E-state index contributed by atoms with van der Waals surface area (Å²) in [6.45, 7) is 6.36. The summed E-state index contributed by atoms with van der Waals surface area (Å²) in [6.07, 6.45) is 2.46. The molecule has 0 unspecified atom stereocenters. The van der Waals surface area contributed by atoms with Gasteiger partial charge < -0.3 is 20.7 Å². The normalized spacial score (nSPS) is 15.8. The zero-order valence-corrected chi connectivity index (χ0v) is 12.5. The maximum Gasteiger partial charge on any atom is 0.221 e. The third-order valence-electron chi connectivity index (χ3n) is 3.62. The van der Waals surface area contributed by atoms with E-state index in [9.17, 15) is 4.79 Å². The van der Waals surface area contributed by atoms with Gasteiger partial charge in [0.2, 0.25) is 5.91 Å². The van der Waals surface area contributed by atoms with Crippen LogP contribution in [0, 0.1) is 0 Å². The number of carbonyl (C=O) groups excluding carboxylic acids is 1. The molecule has 1 amide bonds. The van der Waals surface area contributed by atoms with Crippen LogP contribution in [0.25, 0.3) is 0 Å². The average molecular weight is 291 g/mol. The largest absolute Gasteiger partial charge is 0.494 e. The number of nitrogens with zero attached hydrogens (tertiary/aromatic N) is 1. The lowest BCUT2D eigenvalue weighted by atomic mass is 10.1. The molecule has 0 saturated carbocycles. The summed E-state index contributed by atoms with van der Waals surface area (Å²) in [5.41, 5.74) is 6.10. The van der Waals surface area contributed by atoms with Crippen molar-refractivity contribution in [3.05, 3.63) is 29.8 Å². The highest BCUT2D eigenvalue weighted by Gasteiger charge is 2.08. The van der Waals surface area contributed by atoms with Gasteiger partial charge in [-0.05, 0) is 37.1 Å². The fraction of sp³-hybridized carbons (Fsp3) is 0.562. The lowest BCUT2D eigenvalue weighted by Crippen LogP contribution is -2.43. The van der Waals surface area contributed by atoms with Gasteiger partial charge in [-0.2, -0.15) is 0 Å². The number of nitrogens with one attached hydrogen (secondary N) is 1. The minimum Gasteiger partial charge on any atom is -0.494 e. The molecule has 5 nitrogen and oxygen atoms in total. The number of amides is 1. The molecular formula is C16H25N3O2. The molecule has 2 rings (SSSR count). The zero-order chi connectivity index (χ0) is 14.9. The molecule has 21 heavy (non-hydrogen) atoms. The van der Waals surface area contributed by atoms with E-state index in [0.717, 1.165) is 56.9 Å². The molecule has 116 valence electrons. The molecule has 1 heterocycles. The van der Waals surface area contributed by atoms with Gasteiger partial charge in [-0.25, -0.2) is 0 Å². The minimum atomic E-state index is -0.317. The predicted molar refractivity (Wildman–Crippen MR) is 83.4 cm³/mol. The molecule has 0 spiro atoms. The van der Waals surface area contributed by atoms with Crippen molar-refractivity contribution in [2.24, 2.45) is 5.73 Å². The van der Waals surface area contributed by atoms with Crippen molar-refractivity contribution in [1.82, 2.24) is 10.2 Å². The SMILES string of the molecule is NC(=O)Cc1cccc(OCCCCN2CCNCC2)c1. The fourth-order valence-corrected chi connectivity index (χ4v) is 2.51. The Hall–Kier alpha value is -1.59. The Morgan fingerprint density at radius 2 is 2.10 bits per heavy atom. The molecule has 1 saturated heterocycles. The van der Waals surface area contributed by atoms with Crippen molar-refractivity contribution in [2.75, 3.05) is 39.3 Å². The lowest BCUT2D eigenvalue weighted by molar-refractivity contribution is -0.117. The highest BCUT2D eigenvalue weighted by atomic mass is 16.5. The fourth-order valence-electron chi connectivity index (χ4n) is 2.51. The maximum atomic E-state index is 10.9. The molecule has 0 atom stereocenters. The van der Waals surface area contributed by atoms with Crippen LogP contribution >= 0.6 is 0 Å². The van der Waals surface area contributed by atoms with Crippen LogP contribution in [0.3, 0.4) is 0 Å². The summed E-state index contributed by atoms with van der Waals surface area (Å²) in [5.74, 6) is 0.499. The van der Waals surface area contributed by atoms with E-state index in [4.69, 9.17) is 10.5 Å². The number of hydrogen-bond donors (Lipinski definition) is 2. The Bertz CT molecular complexity index is 445. The van der Waals surface area contributed by atoms with E-state index in [1.165, 1.54) is 0 Å². The molecule has 1 aromatic carbocycles. The molecule has 3 N–H and O–H groups in total. The van der Waals surface area contributed by atoms with Crippen LogP contribution in [-0.4, -0.2) is 50.1 Å². The Balaban J connectivity index is 1.62. The molecule has 5 heteroatoms. The van der Waals surface area contributed by atoms with Crippen LogP contribution in [0.5, 0.6) is 5.75 Å². The molecule has 1 aliphatic heterocycles. The van der Waals surface area contributed by atoms with E-state index in [1.54, 1.807) is 0 Å². The predicted octanol–water partition coefficient (Wildman–Crippen LogP) is 0.779. The van der Waals surface area contributed by atoms with E-state index in [2.05, 4.69) is 10.2 Å². The van der Waals surface area contributed by atoms with Crippen LogP contribution in [0.2, 0.25) is 0 Å². The molecule has 0 aromatic heterocycles. The van der Waals surface area contributed by atoms with Crippen molar-refractivity contribution in [2.45, 2.75) is 19.3 Å². The lowest BCUT2D eigenvalue weighted by Gasteiger charge is -2.26. The summed E-state index contributed by atoms with van der Waals surface area (Å²) in [4.78, 5) is 13.4. The Morgan fingerprint density at radius 3 is 2.86 bits per heavy atom. The number of carbonyl (C=O) groups is 1. The minimum absolute atomic E-state index is 0.264. The molecule has 1 fully saturated rings. The molecular weight excluding hydrogens is 266 g/mol. The number of nitrogens with two attached hydrogens (primary N) is 1. The van der Waals surface area contributed by atoms with Gasteiger partial charge in [0.15, 0.2) is 0 Å². The summed E-state index contributed by atoms with van der Waals surface area (Å²) < 4.78 is 5.73.